The molecular formula is C10H8ClN3O2. The van der Waals surface area contributed by atoms with Crippen molar-refractivity contribution in [2.75, 3.05) is 5.73 Å². The normalized spacial score (nSPS) is 10.3. The predicted molar refractivity (Wildman–Crippen MR) is 60.4 cm³/mol. The van der Waals surface area contributed by atoms with E-state index in [4.69, 9.17) is 22.4 Å². The van der Waals surface area contributed by atoms with E-state index in [-0.39, 0.29) is 11.4 Å². The van der Waals surface area contributed by atoms with Crippen LogP contribution in [0.2, 0.25) is 5.02 Å². The number of hydrogen-bond acceptors (Lipinski definition) is 3. The van der Waals surface area contributed by atoms with Gasteiger partial charge in [-0.1, -0.05) is 29.8 Å². The fourth-order valence-corrected chi connectivity index (χ4v) is 1.60. The van der Waals surface area contributed by atoms with Gasteiger partial charge in [0.05, 0.1) is 10.7 Å². The molecule has 82 valence electrons. The first-order valence-corrected chi connectivity index (χ1v) is 4.81. The third-order valence-electron chi connectivity index (χ3n) is 2.15. The summed E-state index contributed by atoms with van der Waals surface area (Å²) in [5.41, 5.74) is 6.58. The Labute approximate surface area is 95.8 Å². The number of halogens is 1. The van der Waals surface area contributed by atoms with Crippen LogP contribution < -0.4 is 5.73 Å². The van der Waals surface area contributed by atoms with Crippen molar-refractivity contribution >= 4 is 23.3 Å². The zero-order chi connectivity index (χ0) is 11.7. The number of carboxylic acid groups (broad SMARTS) is 1. The third kappa shape index (κ3) is 1.61. The predicted octanol–water partition coefficient (Wildman–Crippen LogP) is 2.01. The molecular weight excluding hydrogens is 230 g/mol. The molecule has 6 heteroatoms. The van der Waals surface area contributed by atoms with Crippen LogP contribution in [0.15, 0.2) is 24.3 Å². The first kappa shape index (κ1) is 10.5. The van der Waals surface area contributed by atoms with Crippen LogP contribution in [0.5, 0.6) is 0 Å². The number of aromatic nitrogens is 2. The minimum Gasteiger partial charge on any atom is -0.476 e. The molecule has 0 radical (unpaired) electrons. The fourth-order valence-electron chi connectivity index (χ4n) is 1.37. The van der Waals surface area contributed by atoms with E-state index in [0.29, 0.717) is 16.3 Å². The molecule has 0 saturated heterocycles. The summed E-state index contributed by atoms with van der Waals surface area (Å²) in [7, 11) is 0. The Bertz CT molecular complexity index is 551. The van der Waals surface area contributed by atoms with Crippen LogP contribution in [0.1, 0.15) is 10.5 Å². The SMILES string of the molecule is Nc1c(-c2ccccc2Cl)n[nH]c1C(=O)O. The van der Waals surface area contributed by atoms with Crippen LogP contribution in [-0.4, -0.2) is 21.3 Å². The number of carboxylic acids is 1. The number of nitrogen functional groups attached to an aromatic ring is 1. The van der Waals surface area contributed by atoms with Gasteiger partial charge in [0.15, 0.2) is 5.69 Å². The van der Waals surface area contributed by atoms with Gasteiger partial charge in [-0.2, -0.15) is 5.10 Å². The summed E-state index contributed by atoms with van der Waals surface area (Å²) in [5.74, 6) is -1.15. The molecule has 1 aromatic carbocycles. The lowest BCUT2D eigenvalue weighted by atomic mass is 10.1. The first-order valence-electron chi connectivity index (χ1n) is 4.43. The van der Waals surface area contributed by atoms with Gasteiger partial charge in [-0.15, -0.1) is 0 Å². The van der Waals surface area contributed by atoms with Gasteiger partial charge in [-0.25, -0.2) is 4.79 Å². The van der Waals surface area contributed by atoms with Gasteiger partial charge in [0.25, 0.3) is 0 Å². The largest absolute Gasteiger partial charge is 0.476 e. The van der Waals surface area contributed by atoms with Gasteiger partial charge in [0.2, 0.25) is 0 Å². The number of aromatic carboxylic acids is 1. The summed E-state index contributed by atoms with van der Waals surface area (Å²) in [6.07, 6.45) is 0. The van der Waals surface area contributed by atoms with Gasteiger partial charge in [-0.3, -0.25) is 5.10 Å². The van der Waals surface area contributed by atoms with Crippen molar-refractivity contribution in [3.63, 3.8) is 0 Å². The van der Waals surface area contributed by atoms with Gasteiger partial charge in [0, 0.05) is 5.56 Å². The minimum atomic E-state index is -1.15. The highest BCUT2D eigenvalue weighted by atomic mass is 35.5. The number of carbonyl (C=O) groups is 1. The van der Waals surface area contributed by atoms with Crippen LogP contribution in [0.25, 0.3) is 11.3 Å². The van der Waals surface area contributed by atoms with Crippen LogP contribution >= 0.6 is 11.6 Å². The molecule has 1 aromatic heterocycles. The molecule has 2 aromatic rings. The maximum atomic E-state index is 10.8. The molecule has 0 atom stereocenters. The Morgan fingerprint density at radius 2 is 2.12 bits per heavy atom. The van der Waals surface area contributed by atoms with Crippen molar-refractivity contribution < 1.29 is 9.90 Å². The molecule has 0 unspecified atom stereocenters. The van der Waals surface area contributed by atoms with Crippen LogP contribution in [-0.2, 0) is 0 Å². The zero-order valence-electron chi connectivity index (χ0n) is 8.07. The van der Waals surface area contributed by atoms with Crippen molar-refractivity contribution in [3.8, 4) is 11.3 Å². The Hall–Kier alpha value is -2.01. The second-order valence-corrected chi connectivity index (χ2v) is 3.55. The lowest BCUT2D eigenvalue weighted by Crippen LogP contribution is -2.01. The summed E-state index contributed by atoms with van der Waals surface area (Å²) in [6, 6.07) is 6.95. The summed E-state index contributed by atoms with van der Waals surface area (Å²) in [4.78, 5) is 10.8. The van der Waals surface area contributed by atoms with Crippen LogP contribution in [0, 0.1) is 0 Å². The Morgan fingerprint density at radius 1 is 1.44 bits per heavy atom. The third-order valence-corrected chi connectivity index (χ3v) is 2.48. The summed E-state index contributed by atoms with van der Waals surface area (Å²) >= 11 is 5.96. The second kappa shape index (κ2) is 3.86. The Balaban J connectivity index is 2.58. The zero-order valence-corrected chi connectivity index (χ0v) is 8.82. The molecule has 0 fully saturated rings. The van der Waals surface area contributed by atoms with Crippen molar-refractivity contribution in [2.24, 2.45) is 0 Å². The average Bonchev–Trinajstić information content (AvgIpc) is 2.61. The standard InChI is InChI=1S/C10H8ClN3O2/c11-6-4-2-1-3-5(6)8-7(12)9(10(15)16)14-13-8/h1-4H,12H2,(H,13,14)(H,15,16). The number of nitrogens with zero attached hydrogens (tertiary/aromatic N) is 1. The number of rotatable bonds is 2. The fraction of sp³-hybridized carbons (Fsp3) is 0. The van der Waals surface area contributed by atoms with E-state index in [2.05, 4.69) is 10.2 Å². The van der Waals surface area contributed by atoms with E-state index in [1.807, 2.05) is 0 Å². The number of anilines is 1. The Morgan fingerprint density at radius 3 is 2.69 bits per heavy atom. The molecule has 0 aliphatic rings. The number of benzene rings is 1. The molecule has 4 N–H and O–H groups in total. The molecule has 1 heterocycles. The number of H-pyrrole nitrogens is 1. The summed E-state index contributed by atoms with van der Waals surface area (Å²) in [6.45, 7) is 0. The van der Waals surface area contributed by atoms with Gasteiger partial charge >= 0.3 is 5.97 Å². The lowest BCUT2D eigenvalue weighted by Gasteiger charge is -2.00. The van der Waals surface area contributed by atoms with Crippen LogP contribution in [0.3, 0.4) is 0 Å². The highest BCUT2D eigenvalue weighted by Crippen LogP contribution is 2.31. The summed E-state index contributed by atoms with van der Waals surface area (Å²) < 4.78 is 0. The molecule has 16 heavy (non-hydrogen) atoms. The highest BCUT2D eigenvalue weighted by molar-refractivity contribution is 6.33. The molecule has 0 spiro atoms. The van der Waals surface area contributed by atoms with Crippen molar-refractivity contribution in [3.05, 3.63) is 35.0 Å². The van der Waals surface area contributed by atoms with E-state index in [0.717, 1.165) is 0 Å². The number of hydrogen-bond donors (Lipinski definition) is 3. The van der Waals surface area contributed by atoms with E-state index in [1.54, 1.807) is 24.3 Å². The topological polar surface area (TPSA) is 92.0 Å². The molecule has 0 aliphatic heterocycles. The van der Waals surface area contributed by atoms with Gasteiger partial charge in [0.1, 0.15) is 5.69 Å². The Kier molecular flexibility index (Phi) is 2.54. The summed E-state index contributed by atoms with van der Waals surface area (Å²) in [5, 5.41) is 15.5. The van der Waals surface area contributed by atoms with Crippen molar-refractivity contribution in [1.82, 2.24) is 10.2 Å². The molecule has 0 saturated carbocycles. The van der Waals surface area contributed by atoms with Gasteiger partial charge < -0.3 is 10.8 Å². The average molecular weight is 238 g/mol. The molecule has 0 aliphatic carbocycles. The van der Waals surface area contributed by atoms with E-state index < -0.39 is 5.97 Å². The maximum absolute atomic E-state index is 10.8. The van der Waals surface area contributed by atoms with Crippen molar-refractivity contribution in [2.45, 2.75) is 0 Å². The molecule has 5 nitrogen and oxygen atoms in total. The van der Waals surface area contributed by atoms with E-state index >= 15 is 0 Å². The quantitative estimate of drug-likeness (QED) is 0.745. The van der Waals surface area contributed by atoms with Gasteiger partial charge in [-0.05, 0) is 6.07 Å². The number of nitrogens with one attached hydrogen (secondary N) is 1. The van der Waals surface area contributed by atoms with Crippen LogP contribution in [0.4, 0.5) is 5.69 Å². The number of nitrogens with two attached hydrogens (primary N) is 1. The monoisotopic (exact) mass is 237 g/mol. The van der Waals surface area contributed by atoms with Crippen molar-refractivity contribution in [1.29, 1.82) is 0 Å². The first-order chi connectivity index (χ1) is 7.61. The maximum Gasteiger partial charge on any atom is 0.356 e. The second-order valence-electron chi connectivity index (χ2n) is 3.15. The number of aromatic amines is 1. The molecule has 0 amide bonds. The lowest BCUT2D eigenvalue weighted by molar-refractivity contribution is 0.0691. The molecule has 0 bridgehead atoms. The molecule has 2 rings (SSSR count). The van der Waals surface area contributed by atoms with E-state index in [1.165, 1.54) is 0 Å². The van der Waals surface area contributed by atoms with E-state index in [9.17, 15) is 4.79 Å². The highest BCUT2D eigenvalue weighted by Gasteiger charge is 2.18. The minimum absolute atomic E-state index is 0.0839. The smallest absolute Gasteiger partial charge is 0.356 e.